The van der Waals surface area contributed by atoms with Gasteiger partial charge in [0.15, 0.2) is 23.0 Å². The number of carbonyl (C=O) groups excluding carboxylic acids is 1. The monoisotopic (exact) mass is 375 g/mol. The van der Waals surface area contributed by atoms with Gasteiger partial charge in [-0.2, -0.15) is 0 Å². The minimum Gasteiger partial charge on any atom is -0.504 e. The molecule has 0 bridgehead atoms. The largest absolute Gasteiger partial charge is 0.504 e. The number of para-hydroxylation sites is 2. The lowest BCUT2D eigenvalue weighted by Crippen LogP contribution is -2.51. The van der Waals surface area contributed by atoms with Gasteiger partial charge in [0, 0.05) is 18.7 Å². The van der Waals surface area contributed by atoms with Crippen molar-refractivity contribution in [3.63, 3.8) is 0 Å². The van der Waals surface area contributed by atoms with E-state index in [-0.39, 0.29) is 17.6 Å². The normalized spacial score (nSPS) is 15.2. The molecule has 2 aromatic carbocycles. The average molecular weight is 375 g/mol. The maximum atomic E-state index is 11.7. The van der Waals surface area contributed by atoms with Crippen LogP contribution in [0.2, 0.25) is 0 Å². The zero-order valence-corrected chi connectivity index (χ0v) is 16.2. The number of rotatable bonds is 5. The molecule has 1 unspecified atom stereocenters. The summed E-state index contributed by atoms with van der Waals surface area (Å²) >= 11 is 0. The smallest absolute Gasteiger partial charge is 0.231 e. The fourth-order valence-electron chi connectivity index (χ4n) is 2.68. The summed E-state index contributed by atoms with van der Waals surface area (Å²) in [5.41, 5.74) is 0.771. The Labute approximate surface area is 159 Å². The van der Waals surface area contributed by atoms with Crippen LogP contribution in [0.3, 0.4) is 0 Å². The van der Waals surface area contributed by atoms with E-state index in [1.807, 2.05) is 6.92 Å². The minimum absolute atomic E-state index is 0.0871. The fourth-order valence-corrected chi connectivity index (χ4v) is 2.68. The number of anilines is 1. The summed E-state index contributed by atoms with van der Waals surface area (Å²) in [7, 11) is 6.19. The van der Waals surface area contributed by atoms with Crippen LogP contribution in [0, 0.1) is 5.92 Å². The van der Waals surface area contributed by atoms with Gasteiger partial charge in [0.2, 0.25) is 11.7 Å². The van der Waals surface area contributed by atoms with Crippen LogP contribution < -0.4 is 23.8 Å². The van der Waals surface area contributed by atoms with E-state index < -0.39 is 0 Å². The van der Waals surface area contributed by atoms with Gasteiger partial charge in [0.25, 0.3) is 0 Å². The quantitative estimate of drug-likeness (QED) is 0.809. The van der Waals surface area contributed by atoms with E-state index in [1.165, 1.54) is 7.11 Å². The molecule has 1 aliphatic rings. The van der Waals surface area contributed by atoms with E-state index in [0.717, 1.165) is 12.2 Å². The Kier molecular flexibility index (Phi) is 6.76. The van der Waals surface area contributed by atoms with Gasteiger partial charge in [-0.05, 0) is 12.1 Å². The lowest BCUT2D eigenvalue weighted by Gasteiger charge is -2.36. The summed E-state index contributed by atoms with van der Waals surface area (Å²) in [6.45, 7) is 2.63. The zero-order chi connectivity index (χ0) is 20.0. The van der Waals surface area contributed by atoms with Crippen LogP contribution in [0.25, 0.3) is 0 Å². The third-order valence-corrected chi connectivity index (χ3v) is 4.19. The predicted octanol–water partition coefficient (Wildman–Crippen LogP) is 3.10. The SMILES string of the molecule is COc1cc(N2CC(C)C2=O)cc(OC)c1OC.COc1ccccc1O. The molecular weight excluding hydrogens is 350 g/mol. The highest BCUT2D eigenvalue weighted by Crippen LogP contribution is 2.42. The van der Waals surface area contributed by atoms with E-state index in [4.69, 9.17) is 24.1 Å². The topological polar surface area (TPSA) is 77.5 Å². The van der Waals surface area contributed by atoms with Crippen LogP contribution in [0.1, 0.15) is 6.92 Å². The van der Waals surface area contributed by atoms with E-state index >= 15 is 0 Å². The summed E-state index contributed by atoms with van der Waals surface area (Å²) in [4.78, 5) is 13.4. The number of phenolic OH excluding ortho intramolecular Hbond substituents is 1. The molecule has 0 spiro atoms. The van der Waals surface area contributed by atoms with Crippen molar-refractivity contribution in [2.45, 2.75) is 6.92 Å². The number of ether oxygens (including phenoxy) is 4. The van der Waals surface area contributed by atoms with E-state index in [1.54, 1.807) is 62.6 Å². The van der Waals surface area contributed by atoms with Crippen molar-refractivity contribution in [3.8, 4) is 28.7 Å². The van der Waals surface area contributed by atoms with Gasteiger partial charge in [-0.1, -0.05) is 19.1 Å². The van der Waals surface area contributed by atoms with Crippen LogP contribution in [0.4, 0.5) is 5.69 Å². The molecule has 0 saturated carbocycles. The predicted molar refractivity (Wildman–Crippen MR) is 102 cm³/mol. The Morgan fingerprint density at radius 1 is 0.926 bits per heavy atom. The molecule has 1 amide bonds. The maximum Gasteiger partial charge on any atom is 0.231 e. The summed E-state index contributed by atoms with van der Waals surface area (Å²) in [6.07, 6.45) is 0. The first-order valence-corrected chi connectivity index (χ1v) is 8.40. The molecule has 1 fully saturated rings. The Hall–Kier alpha value is -3.09. The first-order valence-electron chi connectivity index (χ1n) is 8.40. The number of carbonyl (C=O) groups is 1. The number of methoxy groups -OCH3 is 4. The number of aromatic hydroxyl groups is 1. The summed E-state index contributed by atoms with van der Waals surface area (Å²) in [5, 5.41) is 8.99. The summed E-state index contributed by atoms with van der Waals surface area (Å²) in [6, 6.07) is 10.4. The molecule has 1 heterocycles. The van der Waals surface area contributed by atoms with Gasteiger partial charge in [0.1, 0.15) is 0 Å². The highest BCUT2D eigenvalue weighted by Gasteiger charge is 2.34. The standard InChI is InChI=1S/C13H17NO4.C7H8O2/c1-8-7-14(13(8)15)9-5-10(16-2)12(18-4)11(6-9)17-3;1-9-7-5-3-2-4-6(7)8/h5-6,8H,7H2,1-4H3;2-5,8H,1H3. The minimum atomic E-state index is 0.0871. The van der Waals surface area contributed by atoms with Crippen molar-refractivity contribution in [1.82, 2.24) is 0 Å². The Morgan fingerprint density at radius 3 is 1.85 bits per heavy atom. The molecule has 1 N–H and O–H groups in total. The number of phenols is 1. The molecule has 1 saturated heterocycles. The lowest BCUT2D eigenvalue weighted by atomic mass is 10.00. The molecule has 0 aliphatic carbocycles. The molecule has 1 aliphatic heterocycles. The summed E-state index contributed by atoms with van der Waals surface area (Å²) in [5.74, 6) is 2.54. The van der Waals surface area contributed by atoms with Crippen LogP contribution in [-0.4, -0.2) is 46.0 Å². The molecule has 1 atom stereocenters. The molecule has 7 heteroatoms. The third-order valence-electron chi connectivity index (χ3n) is 4.19. The Morgan fingerprint density at radius 2 is 1.48 bits per heavy atom. The molecule has 2 aromatic rings. The highest BCUT2D eigenvalue weighted by molar-refractivity contribution is 6.01. The van der Waals surface area contributed by atoms with Crippen LogP contribution in [0.5, 0.6) is 28.7 Å². The second-order valence-corrected chi connectivity index (χ2v) is 5.91. The third kappa shape index (κ3) is 4.36. The number of amides is 1. The summed E-state index contributed by atoms with van der Waals surface area (Å²) < 4.78 is 20.5. The molecule has 27 heavy (non-hydrogen) atoms. The number of hydrogen-bond acceptors (Lipinski definition) is 6. The number of benzene rings is 2. The Balaban J connectivity index is 0.000000244. The number of hydrogen-bond donors (Lipinski definition) is 1. The first kappa shape index (κ1) is 20.2. The molecule has 146 valence electrons. The van der Waals surface area contributed by atoms with Gasteiger partial charge in [0.05, 0.1) is 40.0 Å². The second-order valence-electron chi connectivity index (χ2n) is 5.91. The van der Waals surface area contributed by atoms with Gasteiger partial charge < -0.3 is 29.0 Å². The van der Waals surface area contributed by atoms with Crippen molar-refractivity contribution in [2.24, 2.45) is 5.92 Å². The van der Waals surface area contributed by atoms with Gasteiger partial charge >= 0.3 is 0 Å². The molecule has 0 aromatic heterocycles. The lowest BCUT2D eigenvalue weighted by molar-refractivity contribution is -0.126. The van der Waals surface area contributed by atoms with Gasteiger partial charge in [-0.3, -0.25) is 4.79 Å². The van der Waals surface area contributed by atoms with Crippen molar-refractivity contribution < 1.29 is 28.8 Å². The van der Waals surface area contributed by atoms with Gasteiger partial charge in [-0.15, -0.1) is 0 Å². The molecular formula is C20H25NO6. The van der Waals surface area contributed by atoms with E-state index in [9.17, 15) is 4.79 Å². The molecule has 7 nitrogen and oxygen atoms in total. The van der Waals surface area contributed by atoms with E-state index in [2.05, 4.69) is 0 Å². The molecule has 3 rings (SSSR count). The average Bonchev–Trinajstić information content (AvgIpc) is 2.71. The highest BCUT2D eigenvalue weighted by atomic mass is 16.5. The van der Waals surface area contributed by atoms with Crippen LogP contribution in [-0.2, 0) is 4.79 Å². The first-order chi connectivity index (χ1) is 13.0. The van der Waals surface area contributed by atoms with Crippen molar-refractivity contribution in [3.05, 3.63) is 36.4 Å². The number of nitrogens with zero attached hydrogens (tertiary/aromatic N) is 1. The van der Waals surface area contributed by atoms with Crippen LogP contribution >= 0.6 is 0 Å². The Bertz CT molecular complexity index is 767. The van der Waals surface area contributed by atoms with Gasteiger partial charge in [-0.25, -0.2) is 0 Å². The van der Waals surface area contributed by atoms with Crippen LogP contribution in [0.15, 0.2) is 36.4 Å². The zero-order valence-electron chi connectivity index (χ0n) is 16.2. The number of β-lactam (4-membered cyclic amide) rings is 1. The van der Waals surface area contributed by atoms with Crippen molar-refractivity contribution >= 4 is 11.6 Å². The second kappa shape index (κ2) is 9.02. The molecule has 0 radical (unpaired) electrons. The van der Waals surface area contributed by atoms with E-state index in [0.29, 0.717) is 23.0 Å². The fraction of sp³-hybridized carbons (Fsp3) is 0.350. The van der Waals surface area contributed by atoms with Crippen molar-refractivity contribution in [1.29, 1.82) is 0 Å². The maximum absolute atomic E-state index is 11.7. The van der Waals surface area contributed by atoms with Crippen molar-refractivity contribution in [2.75, 3.05) is 39.9 Å².